The predicted molar refractivity (Wildman–Crippen MR) is 75.8 cm³/mol. The maximum atomic E-state index is 13.4. The highest BCUT2D eigenvalue weighted by molar-refractivity contribution is 9.11. The second-order valence-corrected chi connectivity index (χ2v) is 5.96. The van der Waals surface area contributed by atoms with Gasteiger partial charge in [0.15, 0.2) is 5.13 Å². The highest BCUT2D eigenvalue weighted by Crippen LogP contribution is 2.23. The molecular formula is C11H7BrFN3O3S. The summed E-state index contributed by atoms with van der Waals surface area (Å²) in [5.74, 6) is -2.29. The number of anilines is 2. The maximum absolute atomic E-state index is 13.4. The molecule has 104 valence electrons. The lowest BCUT2D eigenvalue weighted by atomic mass is 10.2. The van der Waals surface area contributed by atoms with Crippen molar-refractivity contribution < 1.29 is 19.1 Å². The Labute approximate surface area is 124 Å². The first-order valence-corrected chi connectivity index (χ1v) is 6.79. The molecule has 6 nitrogen and oxygen atoms in total. The average Bonchev–Trinajstić information content (AvgIpc) is 2.74. The molecule has 1 aromatic carbocycles. The minimum absolute atomic E-state index is 0.139. The number of aromatic carboxylic acids is 1. The summed E-state index contributed by atoms with van der Waals surface area (Å²) in [6.45, 7) is 0. The molecule has 2 rings (SSSR count). The van der Waals surface area contributed by atoms with E-state index in [1.54, 1.807) is 0 Å². The van der Waals surface area contributed by atoms with Crippen molar-refractivity contribution in [2.24, 2.45) is 0 Å². The van der Waals surface area contributed by atoms with Crippen LogP contribution < -0.4 is 10.6 Å². The van der Waals surface area contributed by atoms with Crippen LogP contribution in [0.25, 0.3) is 0 Å². The Hall–Kier alpha value is -2.00. The summed E-state index contributed by atoms with van der Waals surface area (Å²) in [7, 11) is 0. The molecule has 3 N–H and O–H groups in total. The van der Waals surface area contributed by atoms with Gasteiger partial charge in [-0.15, -0.1) is 0 Å². The van der Waals surface area contributed by atoms with Crippen LogP contribution in [-0.4, -0.2) is 22.1 Å². The van der Waals surface area contributed by atoms with Crippen molar-refractivity contribution in [3.8, 4) is 0 Å². The van der Waals surface area contributed by atoms with Crippen LogP contribution in [0.4, 0.5) is 20.0 Å². The topological polar surface area (TPSA) is 91.3 Å². The van der Waals surface area contributed by atoms with Crippen molar-refractivity contribution in [3.05, 3.63) is 39.6 Å². The van der Waals surface area contributed by atoms with Crippen LogP contribution >= 0.6 is 27.3 Å². The van der Waals surface area contributed by atoms with E-state index in [4.69, 9.17) is 5.11 Å². The number of nitrogens with one attached hydrogen (secondary N) is 2. The number of nitrogens with zero attached hydrogens (tertiary/aromatic N) is 1. The van der Waals surface area contributed by atoms with Gasteiger partial charge < -0.3 is 10.4 Å². The van der Waals surface area contributed by atoms with Crippen molar-refractivity contribution in [1.82, 2.24) is 4.98 Å². The van der Waals surface area contributed by atoms with Crippen LogP contribution in [0, 0.1) is 5.82 Å². The van der Waals surface area contributed by atoms with E-state index in [-0.39, 0.29) is 5.69 Å². The van der Waals surface area contributed by atoms with Gasteiger partial charge in [-0.2, -0.15) is 0 Å². The number of urea groups is 1. The van der Waals surface area contributed by atoms with E-state index in [1.807, 2.05) is 0 Å². The predicted octanol–water partition coefficient (Wildman–Crippen LogP) is 3.39. The number of halogens is 2. The van der Waals surface area contributed by atoms with Crippen molar-refractivity contribution in [1.29, 1.82) is 0 Å². The van der Waals surface area contributed by atoms with Crippen LogP contribution in [0.2, 0.25) is 0 Å². The Morgan fingerprint density at radius 3 is 2.65 bits per heavy atom. The van der Waals surface area contributed by atoms with Gasteiger partial charge in [-0.3, -0.25) is 5.32 Å². The lowest BCUT2D eigenvalue weighted by molar-refractivity contribution is 0.0692. The first-order valence-electron chi connectivity index (χ1n) is 5.18. The SMILES string of the molecule is O=C(Nc1ccc(C(=O)O)c(F)c1)Nc1ncc(Br)s1. The molecule has 0 saturated carbocycles. The molecule has 0 aliphatic carbocycles. The molecule has 0 fully saturated rings. The Morgan fingerprint density at radius 1 is 1.35 bits per heavy atom. The monoisotopic (exact) mass is 359 g/mol. The fourth-order valence-corrected chi connectivity index (χ4v) is 2.44. The number of carbonyl (C=O) groups excluding carboxylic acids is 1. The molecule has 0 saturated heterocycles. The highest BCUT2D eigenvalue weighted by Gasteiger charge is 2.12. The van der Waals surface area contributed by atoms with E-state index in [0.717, 1.165) is 15.9 Å². The van der Waals surface area contributed by atoms with Gasteiger partial charge in [-0.1, -0.05) is 11.3 Å². The standard InChI is InChI=1S/C11H7BrFN3O3S/c12-8-4-14-11(20-8)16-10(19)15-5-1-2-6(9(17)18)7(13)3-5/h1-4H,(H,17,18)(H2,14,15,16,19). The number of thiazole rings is 1. The van der Waals surface area contributed by atoms with Crippen molar-refractivity contribution in [3.63, 3.8) is 0 Å². The fourth-order valence-electron chi connectivity index (χ4n) is 1.34. The number of benzene rings is 1. The maximum Gasteiger partial charge on any atom is 0.338 e. The third kappa shape index (κ3) is 3.52. The molecule has 2 aromatic rings. The van der Waals surface area contributed by atoms with Gasteiger partial charge in [-0.25, -0.2) is 19.0 Å². The van der Waals surface area contributed by atoms with Crippen LogP contribution in [0.15, 0.2) is 28.2 Å². The molecule has 1 heterocycles. The van der Waals surface area contributed by atoms with Crippen LogP contribution in [0.3, 0.4) is 0 Å². The van der Waals surface area contributed by atoms with Crippen molar-refractivity contribution in [2.45, 2.75) is 0 Å². The third-order valence-corrected chi connectivity index (χ3v) is 3.55. The van der Waals surface area contributed by atoms with Crippen molar-refractivity contribution in [2.75, 3.05) is 10.6 Å². The number of carbonyl (C=O) groups is 2. The molecule has 0 unspecified atom stereocenters. The summed E-state index contributed by atoms with van der Waals surface area (Å²) in [5.41, 5.74) is -0.319. The molecule has 0 atom stereocenters. The summed E-state index contributed by atoms with van der Waals surface area (Å²) in [5, 5.41) is 13.9. The number of carboxylic acid groups (broad SMARTS) is 1. The summed E-state index contributed by atoms with van der Waals surface area (Å²) >= 11 is 4.42. The van der Waals surface area contributed by atoms with E-state index in [2.05, 4.69) is 31.5 Å². The molecule has 0 bridgehead atoms. The zero-order valence-electron chi connectivity index (χ0n) is 9.68. The number of carboxylic acids is 1. The zero-order valence-corrected chi connectivity index (χ0v) is 12.1. The van der Waals surface area contributed by atoms with Gasteiger partial charge >= 0.3 is 12.0 Å². The molecule has 2 amide bonds. The number of rotatable bonds is 3. The Balaban J connectivity index is 2.04. The summed E-state index contributed by atoms with van der Waals surface area (Å²) in [4.78, 5) is 26.2. The van der Waals surface area contributed by atoms with Crippen molar-refractivity contribution >= 4 is 50.1 Å². The number of amides is 2. The lowest BCUT2D eigenvalue weighted by Crippen LogP contribution is -2.19. The second kappa shape index (κ2) is 5.97. The third-order valence-electron chi connectivity index (χ3n) is 2.16. The van der Waals surface area contributed by atoms with Gasteiger partial charge in [0.2, 0.25) is 0 Å². The van der Waals surface area contributed by atoms with Gasteiger partial charge in [0.25, 0.3) is 0 Å². The second-order valence-electron chi connectivity index (χ2n) is 3.55. The van der Waals surface area contributed by atoms with Crippen LogP contribution in [0.5, 0.6) is 0 Å². The van der Waals surface area contributed by atoms with Crippen LogP contribution in [-0.2, 0) is 0 Å². The molecule has 0 radical (unpaired) electrons. The lowest BCUT2D eigenvalue weighted by Gasteiger charge is -2.06. The largest absolute Gasteiger partial charge is 0.478 e. The van der Waals surface area contributed by atoms with Crippen LogP contribution in [0.1, 0.15) is 10.4 Å². The quantitative estimate of drug-likeness (QED) is 0.783. The number of hydrogen-bond donors (Lipinski definition) is 3. The minimum atomic E-state index is -1.37. The summed E-state index contributed by atoms with van der Waals surface area (Å²) in [6, 6.07) is 2.70. The molecule has 0 aliphatic rings. The zero-order chi connectivity index (χ0) is 14.7. The first-order chi connectivity index (χ1) is 9.45. The van der Waals surface area contributed by atoms with E-state index in [1.165, 1.54) is 23.6 Å². The Morgan fingerprint density at radius 2 is 2.10 bits per heavy atom. The molecule has 0 aliphatic heterocycles. The molecule has 1 aromatic heterocycles. The first kappa shape index (κ1) is 14.4. The molecule has 9 heteroatoms. The molecule has 20 heavy (non-hydrogen) atoms. The number of hydrogen-bond acceptors (Lipinski definition) is 4. The smallest absolute Gasteiger partial charge is 0.338 e. The molecule has 0 spiro atoms. The Kier molecular flexibility index (Phi) is 4.30. The van der Waals surface area contributed by atoms with Gasteiger partial charge in [0.05, 0.1) is 15.5 Å². The number of aromatic nitrogens is 1. The van der Waals surface area contributed by atoms with E-state index < -0.39 is 23.4 Å². The van der Waals surface area contributed by atoms with E-state index >= 15 is 0 Å². The Bertz CT molecular complexity index is 677. The fraction of sp³-hybridized carbons (Fsp3) is 0. The van der Waals surface area contributed by atoms with Gasteiger partial charge in [-0.05, 0) is 34.1 Å². The van der Waals surface area contributed by atoms with E-state index in [9.17, 15) is 14.0 Å². The highest BCUT2D eigenvalue weighted by atomic mass is 79.9. The molecular weight excluding hydrogens is 353 g/mol. The summed E-state index contributed by atoms with van der Waals surface area (Å²) in [6.07, 6.45) is 1.53. The van der Waals surface area contributed by atoms with Gasteiger partial charge in [0, 0.05) is 5.69 Å². The minimum Gasteiger partial charge on any atom is -0.478 e. The average molecular weight is 360 g/mol. The normalized spacial score (nSPS) is 10.1. The summed E-state index contributed by atoms with van der Waals surface area (Å²) < 4.78 is 14.2. The van der Waals surface area contributed by atoms with E-state index in [0.29, 0.717) is 5.13 Å². The van der Waals surface area contributed by atoms with Gasteiger partial charge in [0.1, 0.15) is 5.82 Å².